The number of benzene rings is 3. The van der Waals surface area contributed by atoms with Crippen molar-refractivity contribution in [3.8, 4) is 17.4 Å². The summed E-state index contributed by atoms with van der Waals surface area (Å²) in [5.74, 6) is 1.02. The molecular weight excluding hydrogens is 598 g/mol. The molecule has 5 rings (SSSR count). The Balaban J connectivity index is 1.26. The van der Waals surface area contributed by atoms with Gasteiger partial charge in [0.1, 0.15) is 11.5 Å². The number of rotatable bonds is 12. The van der Waals surface area contributed by atoms with E-state index < -0.39 is 6.04 Å². The van der Waals surface area contributed by atoms with Gasteiger partial charge in [-0.2, -0.15) is 5.26 Å². The summed E-state index contributed by atoms with van der Waals surface area (Å²) < 4.78 is 6.14. The Labute approximate surface area is 275 Å². The molecule has 0 aliphatic carbocycles. The van der Waals surface area contributed by atoms with Gasteiger partial charge in [-0.05, 0) is 99.8 Å². The van der Waals surface area contributed by atoms with E-state index in [0.29, 0.717) is 34.9 Å². The Hall–Kier alpha value is -4.42. The zero-order valence-corrected chi connectivity index (χ0v) is 27.0. The molecule has 1 aromatic heterocycles. The molecule has 8 nitrogen and oxygen atoms in total. The van der Waals surface area contributed by atoms with Gasteiger partial charge >= 0.3 is 0 Å². The summed E-state index contributed by atoms with van der Waals surface area (Å²) in [6.45, 7) is 6.64. The van der Waals surface area contributed by atoms with Crippen molar-refractivity contribution in [2.24, 2.45) is 5.92 Å². The summed E-state index contributed by atoms with van der Waals surface area (Å²) in [4.78, 5) is 26.5. The number of furan rings is 1. The molecular formula is C37H40ClN5O3. The van der Waals surface area contributed by atoms with E-state index in [-0.39, 0.29) is 30.3 Å². The number of piperidine rings is 1. The van der Waals surface area contributed by atoms with Crippen molar-refractivity contribution in [1.29, 1.82) is 5.26 Å². The van der Waals surface area contributed by atoms with E-state index in [1.807, 2.05) is 30.3 Å². The Morgan fingerprint density at radius 3 is 2.48 bits per heavy atom. The smallest absolute Gasteiger partial charge is 0.253 e. The van der Waals surface area contributed by atoms with Crippen LogP contribution in [0.5, 0.6) is 0 Å². The maximum atomic E-state index is 13.6. The van der Waals surface area contributed by atoms with Gasteiger partial charge in [0.15, 0.2) is 0 Å². The van der Waals surface area contributed by atoms with Crippen molar-refractivity contribution in [1.82, 2.24) is 21.3 Å². The molecule has 1 fully saturated rings. The standard InChI is InChI=1S/C37H40ClN5O3/c1-24-3-9-28(10-4-24)25(2)41-23-32-12-14-35(46-32)30-11-13-34(38)33(20-30)37(45)43-31(19-26-5-7-27(21-39)8-6-26)22-42-36(44)29-15-17-40-18-16-29/h3-14,20,25,29,31,40-41H,15-19,22-23H2,1-2H3,(H,42,44)(H,43,45). The highest BCUT2D eigenvalue weighted by Gasteiger charge is 2.23. The third-order valence-corrected chi connectivity index (χ3v) is 8.78. The quantitative estimate of drug-likeness (QED) is 0.149. The summed E-state index contributed by atoms with van der Waals surface area (Å²) in [6, 6.07) is 26.6. The Morgan fingerprint density at radius 2 is 1.76 bits per heavy atom. The van der Waals surface area contributed by atoms with Gasteiger partial charge in [0.2, 0.25) is 5.91 Å². The summed E-state index contributed by atoms with van der Waals surface area (Å²) >= 11 is 6.53. The first kappa shape index (κ1) is 33.0. The maximum absolute atomic E-state index is 13.6. The van der Waals surface area contributed by atoms with Crippen LogP contribution in [-0.4, -0.2) is 37.5 Å². The molecule has 0 bridgehead atoms. The fourth-order valence-corrected chi connectivity index (χ4v) is 5.80. The fourth-order valence-electron chi connectivity index (χ4n) is 5.60. The lowest BCUT2D eigenvalue weighted by Gasteiger charge is -2.24. The highest BCUT2D eigenvalue weighted by Crippen LogP contribution is 2.27. The van der Waals surface area contributed by atoms with Crippen molar-refractivity contribution in [3.05, 3.63) is 117 Å². The third kappa shape index (κ3) is 8.85. The predicted octanol–water partition coefficient (Wildman–Crippen LogP) is 6.09. The molecule has 9 heteroatoms. The number of hydrogen-bond acceptors (Lipinski definition) is 6. The van der Waals surface area contributed by atoms with Gasteiger partial charge in [0, 0.05) is 24.1 Å². The van der Waals surface area contributed by atoms with Crippen molar-refractivity contribution in [3.63, 3.8) is 0 Å². The molecule has 2 atom stereocenters. The SMILES string of the molecule is Cc1ccc(C(C)NCc2ccc(-c3ccc(Cl)c(C(=O)NC(CNC(=O)C4CCNCC4)Cc4ccc(C#N)cc4)c3)o2)cc1. The van der Waals surface area contributed by atoms with Gasteiger partial charge in [-0.15, -0.1) is 0 Å². The second-order valence-electron chi connectivity index (χ2n) is 11.9. The number of hydrogen-bond donors (Lipinski definition) is 4. The largest absolute Gasteiger partial charge is 0.460 e. The van der Waals surface area contributed by atoms with E-state index in [9.17, 15) is 14.9 Å². The first-order valence-corrected chi connectivity index (χ1v) is 16.1. The lowest BCUT2D eigenvalue weighted by molar-refractivity contribution is -0.125. The fraction of sp³-hybridized carbons (Fsp3) is 0.324. The maximum Gasteiger partial charge on any atom is 0.253 e. The van der Waals surface area contributed by atoms with Crippen molar-refractivity contribution < 1.29 is 14.0 Å². The highest BCUT2D eigenvalue weighted by molar-refractivity contribution is 6.34. The molecule has 0 radical (unpaired) electrons. The van der Waals surface area contributed by atoms with E-state index in [4.69, 9.17) is 16.0 Å². The normalized spacial score (nSPS) is 14.7. The number of nitrogens with zero attached hydrogens (tertiary/aromatic N) is 1. The van der Waals surface area contributed by atoms with Crippen LogP contribution in [0.25, 0.3) is 11.3 Å². The number of amides is 2. The molecule has 1 aliphatic heterocycles. The van der Waals surface area contributed by atoms with Crippen LogP contribution in [0.1, 0.15) is 64.2 Å². The van der Waals surface area contributed by atoms with Crippen molar-refractivity contribution >= 4 is 23.4 Å². The van der Waals surface area contributed by atoms with E-state index in [2.05, 4.69) is 65.4 Å². The van der Waals surface area contributed by atoms with Crippen LogP contribution in [0.15, 0.2) is 83.3 Å². The summed E-state index contributed by atoms with van der Waals surface area (Å²) in [5, 5.41) is 22.4. The van der Waals surface area contributed by atoms with Crippen molar-refractivity contribution in [2.75, 3.05) is 19.6 Å². The minimum atomic E-state index is -0.400. The van der Waals surface area contributed by atoms with Crippen LogP contribution < -0.4 is 21.3 Å². The molecule has 1 aliphatic rings. The van der Waals surface area contributed by atoms with Crippen LogP contribution in [0, 0.1) is 24.2 Å². The first-order valence-electron chi connectivity index (χ1n) is 15.8. The molecule has 2 heterocycles. The second-order valence-corrected chi connectivity index (χ2v) is 12.3. The average Bonchev–Trinajstić information content (AvgIpc) is 3.56. The molecule has 46 heavy (non-hydrogen) atoms. The topological polar surface area (TPSA) is 119 Å². The van der Waals surface area contributed by atoms with Crippen LogP contribution in [0.2, 0.25) is 5.02 Å². The number of halogens is 1. The zero-order valence-electron chi connectivity index (χ0n) is 26.2. The molecule has 238 valence electrons. The molecule has 2 unspecified atom stereocenters. The molecule has 1 saturated heterocycles. The van der Waals surface area contributed by atoms with Gasteiger partial charge in [-0.25, -0.2) is 0 Å². The average molecular weight is 638 g/mol. The molecule has 2 amide bonds. The lowest BCUT2D eigenvalue weighted by atomic mass is 9.97. The monoisotopic (exact) mass is 637 g/mol. The van der Waals surface area contributed by atoms with Gasteiger partial charge in [-0.1, -0.05) is 53.6 Å². The van der Waals surface area contributed by atoms with Crippen LogP contribution in [-0.2, 0) is 17.8 Å². The number of nitriles is 1. The van der Waals surface area contributed by atoms with Gasteiger partial charge in [-0.3, -0.25) is 9.59 Å². The van der Waals surface area contributed by atoms with Crippen LogP contribution in [0.4, 0.5) is 0 Å². The predicted molar refractivity (Wildman–Crippen MR) is 180 cm³/mol. The Morgan fingerprint density at radius 1 is 1.02 bits per heavy atom. The molecule has 0 saturated carbocycles. The van der Waals surface area contributed by atoms with Crippen LogP contribution in [0.3, 0.4) is 0 Å². The number of carbonyl (C=O) groups excluding carboxylic acids is 2. The lowest BCUT2D eigenvalue weighted by Crippen LogP contribution is -2.47. The van der Waals surface area contributed by atoms with E-state index in [1.165, 1.54) is 11.1 Å². The molecule has 0 spiro atoms. The highest BCUT2D eigenvalue weighted by atomic mass is 35.5. The first-order chi connectivity index (χ1) is 22.3. The van der Waals surface area contributed by atoms with E-state index >= 15 is 0 Å². The molecule has 4 N–H and O–H groups in total. The van der Waals surface area contributed by atoms with E-state index in [0.717, 1.165) is 42.8 Å². The molecule has 3 aromatic carbocycles. The summed E-state index contributed by atoms with van der Waals surface area (Å²) in [6.07, 6.45) is 2.05. The summed E-state index contributed by atoms with van der Waals surface area (Å²) in [5.41, 5.74) is 4.98. The summed E-state index contributed by atoms with van der Waals surface area (Å²) in [7, 11) is 0. The number of aryl methyl sites for hydroxylation is 1. The minimum absolute atomic E-state index is 0.00280. The van der Waals surface area contributed by atoms with Crippen molar-refractivity contribution in [2.45, 2.75) is 51.7 Å². The number of nitrogens with one attached hydrogen (secondary N) is 4. The molecule has 4 aromatic rings. The second kappa shape index (κ2) is 15.7. The van der Waals surface area contributed by atoms with Gasteiger partial charge in [0.25, 0.3) is 5.91 Å². The van der Waals surface area contributed by atoms with Crippen LogP contribution >= 0.6 is 11.6 Å². The Bertz CT molecular complexity index is 1670. The van der Waals surface area contributed by atoms with Gasteiger partial charge < -0.3 is 25.7 Å². The minimum Gasteiger partial charge on any atom is -0.460 e. The Kier molecular flexibility index (Phi) is 11.3. The zero-order chi connectivity index (χ0) is 32.5. The van der Waals surface area contributed by atoms with E-state index in [1.54, 1.807) is 24.3 Å². The van der Waals surface area contributed by atoms with Gasteiger partial charge in [0.05, 0.1) is 34.8 Å². The third-order valence-electron chi connectivity index (χ3n) is 8.45. The number of carbonyl (C=O) groups is 2.